The van der Waals surface area contributed by atoms with E-state index < -0.39 is 0 Å². The van der Waals surface area contributed by atoms with Gasteiger partial charge in [-0.25, -0.2) is 15.0 Å². The number of nitrogens with zero attached hydrogens (tertiary/aromatic N) is 3. The number of nitrogens with two attached hydrogens (primary N) is 1. The van der Waals surface area contributed by atoms with Crippen molar-refractivity contribution in [2.24, 2.45) is 5.92 Å². The first kappa shape index (κ1) is 15.7. The zero-order valence-corrected chi connectivity index (χ0v) is 13.6. The minimum Gasteiger partial charge on any atom is -0.393 e. The minimum absolute atomic E-state index is 0.0994. The number of hydrogen-bond acceptors (Lipinski definition) is 6. The minimum atomic E-state index is -0.237. The number of Topliss-reactive ketones (excluding diaryl/α,β-unsaturated/α-hetero) is 1. The van der Waals surface area contributed by atoms with Gasteiger partial charge in [0.25, 0.3) is 0 Å². The Balaban J connectivity index is 1.63. The van der Waals surface area contributed by atoms with Crippen molar-refractivity contribution in [1.82, 2.24) is 15.0 Å². The molecule has 6 heteroatoms. The Labute approximate surface area is 144 Å². The summed E-state index contributed by atoms with van der Waals surface area (Å²) in [6, 6.07) is 11.2. The summed E-state index contributed by atoms with van der Waals surface area (Å²) in [4.78, 5) is 25.1. The predicted octanol–water partition coefficient (Wildman–Crippen LogP) is 2.62. The van der Waals surface area contributed by atoms with E-state index >= 15 is 0 Å². The van der Waals surface area contributed by atoms with Gasteiger partial charge in [-0.1, -0.05) is 18.2 Å². The smallest absolute Gasteiger partial charge is 0.163 e. The first-order chi connectivity index (χ1) is 12.1. The average Bonchev–Trinajstić information content (AvgIpc) is 2.60. The molecule has 25 heavy (non-hydrogen) atoms. The summed E-state index contributed by atoms with van der Waals surface area (Å²) in [5.41, 5.74) is 9.36. The highest BCUT2D eigenvalue weighted by atomic mass is 16.3. The molecule has 1 saturated carbocycles. The molecule has 0 spiro atoms. The van der Waals surface area contributed by atoms with Crippen LogP contribution in [0.2, 0.25) is 0 Å². The molecule has 0 atom stereocenters. The highest BCUT2D eigenvalue weighted by molar-refractivity contribution is 5.97. The summed E-state index contributed by atoms with van der Waals surface area (Å²) < 4.78 is 0. The number of nitrogen functional groups attached to an aromatic ring is 1. The zero-order valence-electron chi connectivity index (χ0n) is 13.6. The van der Waals surface area contributed by atoms with E-state index in [0.29, 0.717) is 34.8 Å². The molecule has 0 amide bonds. The Kier molecular flexibility index (Phi) is 3.89. The number of carbonyl (C=O) groups excluding carboxylic acids is 1. The number of ketones is 1. The molecule has 4 rings (SSSR count). The molecular weight excluding hydrogens is 316 g/mol. The lowest BCUT2D eigenvalue weighted by Gasteiger charge is -2.30. The normalized spacial score (nSPS) is 19.6. The number of aromatic nitrogens is 3. The summed E-state index contributed by atoms with van der Waals surface area (Å²) in [5.74, 6) is 0.729. The fraction of sp³-hybridized carbons (Fsp3) is 0.263. The monoisotopic (exact) mass is 334 g/mol. The molecule has 1 fully saturated rings. The molecule has 0 unspecified atom stereocenters. The van der Waals surface area contributed by atoms with Gasteiger partial charge in [0.05, 0.1) is 17.3 Å². The van der Waals surface area contributed by atoms with Gasteiger partial charge in [0.1, 0.15) is 11.8 Å². The molecule has 2 heterocycles. The van der Waals surface area contributed by atoms with Crippen molar-refractivity contribution in [2.45, 2.75) is 25.4 Å². The maximum absolute atomic E-state index is 12.5. The molecule has 2 aromatic heterocycles. The lowest BCUT2D eigenvalue weighted by Crippen LogP contribution is -2.30. The third kappa shape index (κ3) is 3.08. The van der Waals surface area contributed by atoms with Gasteiger partial charge in [-0.3, -0.25) is 4.79 Å². The number of hydrogen-bond donors (Lipinski definition) is 2. The second kappa shape index (κ2) is 6.22. The van der Waals surface area contributed by atoms with Crippen molar-refractivity contribution in [3.05, 3.63) is 48.3 Å². The molecule has 6 nitrogen and oxygen atoms in total. The van der Waals surface area contributed by atoms with Gasteiger partial charge >= 0.3 is 0 Å². The number of carbonyl (C=O) groups is 1. The van der Waals surface area contributed by atoms with Crippen molar-refractivity contribution in [2.75, 3.05) is 5.73 Å². The number of rotatable bonds is 4. The van der Waals surface area contributed by atoms with E-state index in [9.17, 15) is 9.90 Å². The number of benzene rings is 1. The van der Waals surface area contributed by atoms with Crippen molar-refractivity contribution in [3.8, 4) is 11.3 Å². The fourth-order valence-corrected chi connectivity index (χ4v) is 3.22. The second-order valence-electron chi connectivity index (χ2n) is 6.52. The van der Waals surface area contributed by atoms with Crippen LogP contribution in [0.1, 0.15) is 29.6 Å². The average molecular weight is 334 g/mol. The SMILES string of the molecule is Nc1ncnc2ccc(-c3cccc(C(=O)CC4CC(O)C4)c3)nc12. The van der Waals surface area contributed by atoms with Crippen LogP contribution in [0, 0.1) is 5.92 Å². The third-order valence-corrected chi connectivity index (χ3v) is 4.68. The number of pyridine rings is 1. The first-order valence-electron chi connectivity index (χ1n) is 8.29. The zero-order chi connectivity index (χ0) is 17.4. The van der Waals surface area contributed by atoms with E-state index in [-0.39, 0.29) is 11.9 Å². The third-order valence-electron chi connectivity index (χ3n) is 4.68. The summed E-state index contributed by atoms with van der Waals surface area (Å²) in [6.07, 6.45) is 3.09. The Hall–Kier alpha value is -2.86. The summed E-state index contributed by atoms with van der Waals surface area (Å²) in [7, 11) is 0. The standard InChI is InChI=1S/C19H18N4O2/c20-19-18-16(21-10-22-19)5-4-15(23-18)12-2-1-3-13(9-12)17(25)8-11-6-14(24)7-11/h1-5,9-11,14,24H,6-8H2,(H2,20,21,22). The van der Waals surface area contributed by atoms with Gasteiger partial charge in [0, 0.05) is 17.5 Å². The van der Waals surface area contributed by atoms with E-state index in [4.69, 9.17) is 5.73 Å². The van der Waals surface area contributed by atoms with Crippen LogP contribution in [0.5, 0.6) is 0 Å². The number of anilines is 1. The molecule has 1 aliphatic carbocycles. The molecule has 3 N–H and O–H groups in total. The van der Waals surface area contributed by atoms with Crippen LogP contribution in [0.3, 0.4) is 0 Å². The Morgan fingerprint density at radius 2 is 2.04 bits per heavy atom. The van der Waals surface area contributed by atoms with Crippen LogP contribution in [0.15, 0.2) is 42.7 Å². The van der Waals surface area contributed by atoms with Crippen LogP contribution in [0.4, 0.5) is 5.82 Å². The molecule has 0 aliphatic heterocycles. The fourth-order valence-electron chi connectivity index (χ4n) is 3.22. The van der Waals surface area contributed by atoms with Crippen molar-refractivity contribution < 1.29 is 9.90 Å². The number of aliphatic hydroxyl groups excluding tert-OH is 1. The lowest BCUT2D eigenvalue weighted by molar-refractivity contribution is 0.0381. The van der Waals surface area contributed by atoms with Gasteiger partial charge in [-0.05, 0) is 37.0 Å². The van der Waals surface area contributed by atoms with Crippen molar-refractivity contribution in [1.29, 1.82) is 0 Å². The van der Waals surface area contributed by atoms with E-state index in [1.807, 2.05) is 36.4 Å². The van der Waals surface area contributed by atoms with Gasteiger partial charge in [-0.2, -0.15) is 0 Å². The molecule has 126 valence electrons. The van der Waals surface area contributed by atoms with Gasteiger partial charge in [-0.15, -0.1) is 0 Å². The number of aliphatic hydroxyl groups is 1. The molecule has 3 aromatic rings. The van der Waals surface area contributed by atoms with Crippen LogP contribution in [-0.2, 0) is 0 Å². The van der Waals surface area contributed by atoms with Crippen LogP contribution < -0.4 is 5.73 Å². The Bertz CT molecular complexity index is 951. The highest BCUT2D eigenvalue weighted by Crippen LogP contribution is 2.31. The maximum Gasteiger partial charge on any atom is 0.163 e. The van der Waals surface area contributed by atoms with E-state index in [0.717, 1.165) is 24.1 Å². The largest absolute Gasteiger partial charge is 0.393 e. The first-order valence-corrected chi connectivity index (χ1v) is 8.29. The number of fused-ring (bicyclic) bond motifs is 1. The quantitative estimate of drug-likeness (QED) is 0.711. The summed E-state index contributed by atoms with van der Waals surface area (Å²) in [6.45, 7) is 0. The Morgan fingerprint density at radius 1 is 1.20 bits per heavy atom. The molecule has 0 bridgehead atoms. The molecule has 0 radical (unpaired) electrons. The van der Waals surface area contributed by atoms with Crippen LogP contribution in [0.25, 0.3) is 22.3 Å². The Morgan fingerprint density at radius 3 is 2.84 bits per heavy atom. The molecular formula is C19H18N4O2. The van der Waals surface area contributed by atoms with E-state index in [2.05, 4.69) is 15.0 Å². The second-order valence-corrected chi connectivity index (χ2v) is 6.52. The van der Waals surface area contributed by atoms with Gasteiger partial charge in [0.2, 0.25) is 0 Å². The van der Waals surface area contributed by atoms with Crippen LogP contribution >= 0.6 is 0 Å². The lowest BCUT2D eigenvalue weighted by atomic mass is 9.78. The molecule has 1 aromatic carbocycles. The summed E-state index contributed by atoms with van der Waals surface area (Å²) in [5, 5.41) is 9.36. The highest BCUT2D eigenvalue weighted by Gasteiger charge is 2.29. The van der Waals surface area contributed by atoms with Crippen molar-refractivity contribution in [3.63, 3.8) is 0 Å². The van der Waals surface area contributed by atoms with Crippen LogP contribution in [-0.4, -0.2) is 31.9 Å². The van der Waals surface area contributed by atoms with E-state index in [1.165, 1.54) is 6.33 Å². The summed E-state index contributed by atoms with van der Waals surface area (Å²) >= 11 is 0. The van der Waals surface area contributed by atoms with Gasteiger partial charge in [0.15, 0.2) is 11.6 Å². The van der Waals surface area contributed by atoms with E-state index in [1.54, 1.807) is 0 Å². The molecule has 1 aliphatic rings. The molecule has 0 saturated heterocycles. The maximum atomic E-state index is 12.5. The topological polar surface area (TPSA) is 102 Å². The van der Waals surface area contributed by atoms with Crippen molar-refractivity contribution >= 4 is 22.6 Å². The predicted molar refractivity (Wildman–Crippen MR) is 94.9 cm³/mol. The van der Waals surface area contributed by atoms with Gasteiger partial charge < -0.3 is 10.8 Å².